The Morgan fingerprint density at radius 2 is 1.67 bits per heavy atom. The highest BCUT2D eigenvalue weighted by Crippen LogP contribution is 2.35. The van der Waals surface area contributed by atoms with Gasteiger partial charge >= 0.3 is 0 Å². The summed E-state index contributed by atoms with van der Waals surface area (Å²) in [5.74, 6) is -1.31. The number of hydrogen-bond donors (Lipinski definition) is 1. The Kier molecular flexibility index (Phi) is 4.33. The molecule has 1 aliphatic rings. The zero-order chi connectivity index (χ0) is 19.0. The first kappa shape index (κ1) is 17.2. The summed E-state index contributed by atoms with van der Waals surface area (Å²) in [4.78, 5) is 28.0. The fourth-order valence-corrected chi connectivity index (χ4v) is 3.74. The van der Waals surface area contributed by atoms with Gasteiger partial charge in [-0.25, -0.2) is 9.29 Å². The lowest BCUT2D eigenvalue weighted by Crippen LogP contribution is -2.32. The summed E-state index contributed by atoms with van der Waals surface area (Å²) in [6.07, 6.45) is 0. The molecular weight excluding hydrogens is 363 g/mol. The number of benzene rings is 2. The Labute approximate surface area is 159 Å². The van der Waals surface area contributed by atoms with Crippen LogP contribution in [0.4, 0.5) is 15.8 Å². The molecule has 1 N–H and O–H groups in total. The minimum absolute atomic E-state index is 0.223. The summed E-state index contributed by atoms with van der Waals surface area (Å²) < 4.78 is 13.3. The quantitative estimate of drug-likeness (QED) is 0.676. The molecule has 0 bridgehead atoms. The molecule has 0 saturated carbocycles. The third-order valence-electron chi connectivity index (χ3n) is 4.34. The van der Waals surface area contributed by atoms with Crippen molar-refractivity contribution in [3.63, 3.8) is 0 Å². The molecule has 0 spiro atoms. The van der Waals surface area contributed by atoms with Crippen LogP contribution >= 0.6 is 11.3 Å². The summed E-state index contributed by atoms with van der Waals surface area (Å²) >= 11 is 1.39. The van der Waals surface area contributed by atoms with Crippen LogP contribution < -0.4 is 10.2 Å². The number of hydrogen-bond acceptors (Lipinski definition) is 4. The van der Waals surface area contributed by atoms with Gasteiger partial charge in [0, 0.05) is 10.6 Å². The highest BCUT2D eigenvalue weighted by molar-refractivity contribution is 7.11. The van der Waals surface area contributed by atoms with E-state index in [0.717, 1.165) is 16.2 Å². The smallest absolute Gasteiger partial charge is 0.282 e. The highest BCUT2D eigenvalue weighted by Gasteiger charge is 2.40. The van der Waals surface area contributed by atoms with Gasteiger partial charge in [0.15, 0.2) is 0 Å². The molecule has 6 heteroatoms. The van der Waals surface area contributed by atoms with Crippen LogP contribution in [0.3, 0.4) is 0 Å². The molecule has 134 valence electrons. The van der Waals surface area contributed by atoms with Crippen LogP contribution in [0.15, 0.2) is 71.7 Å². The van der Waals surface area contributed by atoms with Crippen LogP contribution in [0.2, 0.25) is 0 Å². The molecule has 0 radical (unpaired) electrons. The molecule has 0 atom stereocenters. The fourth-order valence-electron chi connectivity index (χ4n) is 2.97. The number of thiophene rings is 1. The van der Waals surface area contributed by atoms with Crippen LogP contribution in [-0.2, 0) is 9.59 Å². The average molecular weight is 378 g/mol. The summed E-state index contributed by atoms with van der Waals surface area (Å²) in [7, 11) is 0. The summed E-state index contributed by atoms with van der Waals surface area (Å²) in [5, 5.41) is 4.99. The van der Waals surface area contributed by atoms with Crippen molar-refractivity contribution in [1.29, 1.82) is 0 Å². The van der Waals surface area contributed by atoms with Gasteiger partial charge in [0.1, 0.15) is 11.5 Å². The second-order valence-corrected chi connectivity index (χ2v) is 7.04. The predicted octanol–water partition coefficient (Wildman–Crippen LogP) is 4.59. The van der Waals surface area contributed by atoms with E-state index in [1.165, 1.54) is 35.6 Å². The molecule has 4 rings (SSSR count). The van der Waals surface area contributed by atoms with E-state index >= 15 is 0 Å². The summed E-state index contributed by atoms with van der Waals surface area (Å²) in [6, 6.07) is 16.5. The van der Waals surface area contributed by atoms with Crippen molar-refractivity contribution >= 4 is 40.1 Å². The third kappa shape index (κ3) is 3.04. The van der Waals surface area contributed by atoms with E-state index in [4.69, 9.17) is 0 Å². The van der Waals surface area contributed by atoms with E-state index in [-0.39, 0.29) is 5.70 Å². The monoisotopic (exact) mass is 378 g/mol. The third-order valence-corrected chi connectivity index (χ3v) is 5.23. The van der Waals surface area contributed by atoms with E-state index in [9.17, 15) is 14.0 Å². The second-order valence-electron chi connectivity index (χ2n) is 6.09. The Morgan fingerprint density at radius 1 is 0.926 bits per heavy atom. The Hall–Kier alpha value is -3.25. The van der Waals surface area contributed by atoms with Crippen molar-refractivity contribution in [2.75, 3.05) is 10.2 Å². The molecule has 3 aromatic rings. The van der Waals surface area contributed by atoms with Crippen LogP contribution in [0.5, 0.6) is 0 Å². The van der Waals surface area contributed by atoms with Gasteiger partial charge in [0.2, 0.25) is 0 Å². The van der Waals surface area contributed by atoms with Crippen LogP contribution in [0, 0.1) is 12.7 Å². The molecule has 2 aromatic carbocycles. The fraction of sp³-hybridized carbons (Fsp3) is 0.0476. The van der Waals surface area contributed by atoms with E-state index in [2.05, 4.69) is 5.32 Å². The minimum Gasteiger partial charge on any atom is -0.350 e. The number of carbonyl (C=O) groups is 2. The number of halogens is 1. The number of nitrogens with one attached hydrogen (secondary N) is 1. The highest BCUT2D eigenvalue weighted by atomic mass is 32.1. The van der Waals surface area contributed by atoms with Crippen LogP contribution in [0.1, 0.15) is 10.4 Å². The molecule has 1 aliphatic heterocycles. The number of para-hydroxylation sites is 1. The van der Waals surface area contributed by atoms with Gasteiger partial charge in [0.05, 0.1) is 11.3 Å². The summed E-state index contributed by atoms with van der Waals surface area (Å²) in [6.45, 7) is 1.92. The van der Waals surface area contributed by atoms with Gasteiger partial charge in [-0.05, 0) is 54.3 Å². The van der Waals surface area contributed by atoms with Crippen molar-refractivity contribution in [2.45, 2.75) is 6.92 Å². The molecule has 27 heavy (non-hydrogen) atoms. The van der Waals surface area contributed by atoms with E-state index < -0.39 is 17.6 Å². The van der Waals surface area contributed by atoms with Gasteiger partial charge in [-0.2, -0.15) is 0 Å². The van der Waals surface area contributed by atoms with Crippen molar-refractivity contribution in [3.05, 3.63) is 88.0 Å². The molecule has 0 fully saturated rings. The van der Waals surface area contributed by atoms with Crippen LogP contribution in [0.25, 0.3) is 5.57 Å². The number of amides is 2. The van der Waals surface area contributed by atoms with Gasteiger partial charge in [-0.3, -0.25) is 9.59 Å². The second kappa shape index (κ2) is 6.81. The zero-order valence-electron chi connectivity index (χ0n) is 14.4. The maximum absolute atomic E-state index is 13.3. The van der Waals surface area contributed by atoms with Gasteiger partial charge in [-0.1, -0.05) is 24.3 Å². The Bertz CT molecular complexity index is 1060. The lowest BCUT2D eigenvalue weighted by molar-refractivity contribution is -0.120. The number of nitrogens with zero attached hydrogens (tertiary/aromatic N) is 1. The number of carbonyl (C=O) groups excluding carboxylic acids is 2. The van der Waals surface area contributed by atoms with Gasteiger partial charge < -0.3 is 5.32 Å². The van der Waals surface area contributed by atoms with Crippen molar-refractivity contribution < 1.29 is 14.0 Å². The number of aryl methyl sites for hydroxylation is 1. The molecule has 2 amide bonds. The molecule has 0 aliphatic carbocycles. The largest absolute Gasteiger partial charge is 0.350 e. The Balaban J connectivity index is 1.81. The standard InChI is InChI=1S/C21H15FN2O2S/c1-13-5-2-3-6-16(13)23-19-18(17-7-4-12-27-17)20(25)24(21(19)26)15-10-8-14(22)9-11-15/h2-12,23H,1H3. The predicted molar refractivity (Wildman–Crippen MR) is 105 cm³/mol. The number of imide groups is 1. The lowest BCUT2D eigenvalue weighted by atomic mass is 10.1. The molecule has 1 aromatic heterocycles. The van der Waals surface area contributed by atoms with Gasteiger partial charge in [-0.15, -0.1) is 11.3 Å². The first-order chi connectivity index (χ1) is 13.1. The molecular formula is C21H15FN2O2S. The Morgan fingerprint density at radius 3 is 2.33 bits per heavy atom. The topological polar surface area (TPSA) is 49.4 Å². The minimum atomic E-state index is -0.460. The maximum Gasteiger partial charge on any atom is 0.282 e. The van der Waals surface area contributed by atoms with Crippen LogP contribution in [-0.4, -0.2) is 11.8 Å². The normalized spacial score (nSPS) is 14.2. The van der Waals surface area contributed by atoms with Crippen molar-refractivity contribution in [3.8, 4) is 0 Å². The van der Waals surface area contributed by atoms with Crippen molar-refractivity contribution in [1.82, 2.24) is 0 Å². The molecule has 2 heterocycles. The van der Waals surface area contributed by atoms with E-state index in [1.807, 2.05) is 42.6 Å². The zero-order valence-corrected chi connectivity index (χ0v) is 15.2. The summed E-state index contributed by atoms with van der Waals surface area (Å²) in [5.41, 5.74) is 2.59. The van der Waals surface area contributed by atoms with E-state index in [0.29, 0.717) is 16.1 Å². The first-order valence-electron chi connectivity index (χ1n) is 8.31. The lowest BCUT2D eigenvalue weighted by Gasteiger charge is -2.15. The van der Waals surface area contributed by atoms with Gasteiger partial charge in [0.25, 0.3) is 11.8 Å². The maximum atomic E-state index is 13.3. The van der Waals surface area contributed by atoms with Crippen molar-refractivity contribution in [2.24, 2.45) is 0 Å². The molecule has 0 saturated heterocycles. The average Bonchev–Trinajstić information content (AvgIpc) is 3.25. The number of anilines is 2. The van der Waals surface area contributed by atoms with E-state index in [1.54, 1.807) is 6.07 Å². The molecule has 0 unspecified atom stereocenters. The SMILES string of the molecule is Cc1ccccc1NC1=C(c2cccs2)C(=O)N(c2ccc(F)cc2)C1=O. The number of rotatable bonds is 4. The molecule has 4 nitrogen and oxygen atoms in total. The first-order valence-corrected chi connectivity index (χ1v) is 9.19.